The summed E-state index contributed by atoms with van der Waals surface area (Å²) in [7, 11) is 0. The van der Waals surface area contributed by atoms with Gasteiger partial charge in [-0.15, -0.1) is 0 Å². The molecule has 0 aliphatic heterocycles. The molecule has 3 nitrogen and oxygen atoms in total. The number of aryl methyl sites for hydroxylation is 2. The molecule has 0 amide bonds. The summed E-state index contributed by atoms with van der Waals surface area (Å²) in [5.74, 6) is 1.54. The molecular weight excluding hydrogens is 332 g/mol. The number of halogens is 1. The van der Waals surface area contributed by atoms with E-state index in [1.807, 2.05) is 18.2 Å². The number of carbonyl (C=O) groups is 1. The highest BCUT2D eigenvalue weighted by Gasteiger charge is 2.03. The van der Waals surface area contributed by atoms with Crippen LogP contribution >= 0.6 is 15.9 Å². The number of hydrogen-bond donors (Lipinski definition) is 0. The summed E-state index contributed by atoms with van der Waals surface area (Å²) in [5.41, 5.74) is 3.07. The van der Waals surface area contributed by atoms with Crippen molar-refractivity contribution in [2.45, 2.75) is 13.8 Å². The highest BCUT2D eigenvalue weighted by molar-refractivity contribution is 9.10. The Morgan fingerprint density at radius 1 is 1.00 bits per heavy atom. The third-order valence-corrected chi connectivity index (χ3v) is 3.80. The van der Waals surface area contributed by atoms with Gasteiger partial charge in [-0.1, -0.05) is 6.07 Å². The lowest BCUT2D eigenvalue weighted by atomic mass is 10.1. The molecule has 0 atom stereocenters. The number of rotatable bonds is 6. The van der Waals surface area contributed by atoms with E-state index in [1.165, 1.54) is 11.1 Å². The molecule has 0 aromatic heterocycles. The Labute approximate surface area is 133 Å². The second-order valence-corrected chi connectivity index (χ2v) is 5.61. The SMILES string of the molecule is Cc1ccc(OCCOc2ccc(C=O)cc2Br)cc1C. The second-order valence-electron chi connectivity index (χ2n) is 4.75. The Balaban J connectivity index is 1.84. The maximum Gasteiger partial charge on any atom is 0.150 e. The molecule has 0 N–H and O–H groups in total. The normalized spacial score (nSPS) is 10.2. The zero-order valence-corrected chi connectivity index (χ0v) is 13.6. The maximum atomic E-state index is 10.7. The van der Waals surface area contributed by atoms with Crippen molar-refractivity contribution in [3.8, 4) is 11.5 Å². The van der Waals surface area contributed by atoms with Crippen LogP contribution in [0.5, 0.6) is 11.5 Å². The standard InChI is InChI=1S/C17H17BrO3/c1-12-3-5-15(9-13(12)2)20-7-8-21-17-6-4-14(11-19)10-16(17)18/h3-6,9-11H,7-8H2,1-2H3. The van der Waals surface area contributed by atoms with Gasteiger partial charge in [-0.25, -0.2) is 0 Å². The molecule has 2 aromatic rings. The van der Waals surface area contributed by atoms with Crippen LogP contribution in [0.25, 0.3) is 0 Å². The molecular formula is C17H17BrO3. The molecule has 0 bridgehead atoms. The summed E-state index contributed by atoms with van der Waals surface area (Å²) in [4.78, 5) is 10.7. The van der Waals surface area contributed by atoms with E-state index in [0.29, 0.717) is 24.5 Å². The van der Waals surface area contributed by atoms with Gasteiger partial charge in [-0.05, 0) is 71.2 Å². The molecule has 0 heterocycles. The number of hydrogen-bond acceptors (Lipinski definition) is 3. The van der Waals surface area contributed by atoms with Gasteiger partial charge >= 0.3 is 0 Å². The monoisotopic (exact) mass is 348 g/mol. The molecule has 0 radical (unpaired) electrons. The van der Waals surface area contributed by atoms with E-state index in [0.717, 1.165) is 16.5 Å². The van der Waals surface area contributed by atoms with Gasteiger partial charge in [-0.3, -0.25) is 4.79 Å². The fourth-order valence-electron chi connectivity index (χ4n) is 1.82. The van der Waals surface area contributed by atoms with Crippen LogP contribution in [0, 0.1) is 13.8 Å². The van der Waals surface area contributed by atoms with E-state index in [9.17, 15) is 4.79 Å². The van der Waals surface area contributed by atoms with Crippen molar-refractivity contribution >= 4 is 22.2 Å². The fraction of sp³-hybridized carbons (Fsp3) is 0.235. The van der Waals surface area contributed by atoms with Gasteiger partial charge in [-0.2, -0.15) is 0 Å². The Bertz CT molecular complexity index is 638. The lowest BCUT2D eigenvalue weighted by Crippen LogP contribution is -2.09. The van der Waals surface area contributed by atoms with Crippen LogP contribution in [0.3, 0.4) is 0 Å². The molecule has 4 heteroatoms. The van der Waals surface area contributed by atoms with Crippen molar-refractivity contribution in [2.75, 3.05) is 13.2 Å². The average Bonchev–Trinajstić information content (AvgIpc) is 2.48. The van der Waals surface area contributed by atoms with Crippen LogP contribution in [0.4, 0.5) is 0 Å². The summed E-state index contributed by atoms with van der Waals surface area (Å²) in [6, 6.07) is 11.2. The molecule has 0 aliphatic carbocycles. The first-order valence-corrected chi connectivity index (χ1v) is 7.47. The van der Waals surface area contributed by atoms with E-state index in [1.54, 1.807) is 18.2 Å². The zero-order valence-electron chi connectivity index (χ0n) is 12.1. The predicted molar refractivity (Wildman–Crippen MR) is 86.4 cm³/mol. The molecule has 2 aromatic carbocycles. The van der Waals surface area contributed by atoms with E-state index >= 15 is 0 Å². The summed E-state index contributed by atoms with van der Waals surface area (Å²) in [6.45, 7) is 5.03. The van der Waals surface area contributed by atoms with Crippen molar-refractivity contribution in [1.82, 2.24) is 0 Å². The van der Waals surface area contributed by atoms with E-state index < -0.39 is 0 Å². The Hall–Kier alpha value is -1.81. The smallest absolute Gasteiger partial charge is 0.150 e. The summed E-state index contributed by atoms with van der Waals surface area (Å²) < 4.78 is 12.0. The molecule has 0 fully saturated rings. The van der Waals surface area contributed by atoms with E-state index in [4.69, 9.17) is 9.47 Å². The lowest BCUT2D eigenvalue weighted by molar-refractivity contribution is 0.112. The minimum Gasteiger partial charge on any atom is -0.490 e. The first kappa shape index (κ1) is 15.6. The van der Waals surface area contributed by atoms with Gasteiger partial charge in [0.15, 0.2) is 0 Å². The average molecular weight is 349 g/mol. The van der Waals surface area contributed by atoms with Crippen LogP contribution in [-0.4, -0.2) is 19.5 Å². The number of benzene rings is 2. The fourth-order valence-corrected chi connectivity index (χ4v) is 2.33. The predicted octanol–water partition coefficient (Wildman–Crippen LogP) is 4.34. The molecule has 110 valence electrons. The van der Waals surface area contributed by atoms with Gasteiger partial charge in [0.2, 0.25) is 0 Å². The minimum atomic E-state index is 0.436. The molecule has 21 heavy (non-hydrogen) atoms. The van der Waals surface area contributed by atoms with Crippen LogP contribution in [-0.2, 0) is 0 Å². The third kappa shape index (κ3) is 4.33. The molecule has 0 saturated heterocycles. The van der Waals surface area contributed by atoms with Crippen molar-refractivity contribution in [1.29, 1.82) is 0 Å². The van der Waals surface area contributed by atoms with Crippen molar-refractivity contribution in [3.05, 3.63) is 57.6 Å². The molecule has 0 aliphatic rings. The molecule has 0 unspecified atom stereocenters. The molecule has 0 spiro atoms. The highest BCUT2D eigenvalue weighted by atomic mass is 79.9. The minimum absolute atomic E-state index is 0.436. The van der Waals surface area contributed by atoms with Gasteiger partial charge in [0, 0.05) is 5.56 Å². The number of carbonyl (C=O) groups excluding carboxylic acids is 1. The third-order valence-electron chi connectivity index (χ3n) is 3.18. The van der Waals surface area contributed by atoms with Crippen LogP contribution in [0.2, 0.25) is 0 Å². The second kappa shape index (κ2) is 7.27. The summed E-state index contributed by atoms with van der Waals surface area (Å²) >= 11 is 3.38. The van der Waals surface area contributed by atoms with Crippen LogP contribution < -0.4 is 9.47 Å². The molecule has 2 rings (SSSR count). The van der Waals surface area contributed by atoms with Gasteiger partial charge in [0.25, 0.3) is 0 Å². The number of aldehydes is 1. The van der Waals surface area contributed by atoms with Crippen molar-refractivity contribution < 1.29 is 14.3 Å². The number of ether oxygens (including phenoxy) is 2. The highest BCUT2D eigenvalue weighted by Crippen LogP contribution is 2.25. The summed E-state index contributed by atoms with van der Waals surface area (Å²) in [5, 5.41) is 0. The summed E-state index contributed by atoms with van der Waals surface area (Å²) in [6.07, 6.45) is 0.803. The van der Waals surface area contributed by atoms with Gasteiger partial charge < -0.3 is 9.47 Å². The van der Waals surface area contributed by atoms with Crippen LogP contribution in [0.15, 0.2) is 40.9 Å². The quantitative estimate of drug-likeness (QED) is 0.575. The first-order chi connectivity index (χ1) is 10.1. The lowest BCUT2D eigenvalue weighted by Gasteiger charge is -2.11. The Morgan fingerprint density at radius 2 is 1.76 bits per heavy atom. The van der Waals surface area contributed by atoms with E-state index in [-0.39, 0.29) is 0 Å². The van der Waals surface area contributed by atoms with Crippen molar-refractivity contribution in [2.24, 2.45) is 0 Å². The van der Waals surface area contributed by atoms with Gasteiger partial charge in [0.1, 0.15) is 31.0 Å². The largest absolute Gasteiger partial charge is 0.490 e. The molecule has 0 saturated carbocycles. The Kier molecular flexibility index (Phi) is 5.39. The van der Waals surface area contributed by atoms with E-state index in [2.05, 4.69) is 29.8 Å². The van der Waals surface area contributed by atoms with Crippen LogP contribution in [0.1, 0.15) is 21.5 Å². The first-order valence-electron chi connectivity index (χ1n) is 6.68. The maximum absolute atomic E-state index is 10.7. The van der Waals surface area contributed by atoms with Crippen molar-refractivity contribution in [3.63, 3.8) is 0 Å². The Morgan fingerprint density at radius 3 is 2.43 bits per heavy atom. The zero-order chi connectivity index (χ0) is 15.2. The van der Waals surface area contributed by atoms with Gasteiger partial charge in [0.05, 0.1) is 4.47 Å². The topological polar surface area (TPSA) is 35.5 Å².